The first-order valence-corrected chi connectivity index (χ1v) is 5.77. The van der Waals surface area contributed by atoms with E-state index in [4.69, 9.17) is 22.1 Å². The molecule has 0 fully saturated rings. The van der Waals surface area contributed by atoms with Crippen LogP contribution in [0.25, 0.3) is 0 Å². The summed E-state index contributed by atoms with van der Waals surface area (Å²) in [6.07, 6.45) is 2.35. The summed E-state index contributed by atoms with van der Waals surface area (Å²) in [5, 5.41) is 7.17. The number of ether oxygens (including phenoxy) is 1. The molecular weight excluding hydrogens is 244 g/mol. The van der Waals surface area contributed by atoms with Crippen LogP contribution in [0.2, 0.25) is 5.02 Å². The molecule has 1 aromatic heterocycles. The highest BCUT2D eigenvalue weighted by Gasteiger charge is 2.08. The van der Waals surface area contributed by atoms with Crippen LogP contribution >= 0.6 is 11.6 Å². The molecule has 0 bridgehead atoms. The highest BCUT2D eigenvalue weighted by Crippen LogP contribution is 2.14. The van der Waals surface area contributed by atoms with Gasteiger partial charge in [-0.25, -0.2) is 4.68 Å². The van der Waals surface area contributed by atoms with Crippen molar-refractivity contribution in [2.75, 3.05) is 32.1 Å². The van der Waals surface area contributed by atoms with Crippen molar-refractivity contribution in [2.24, 2.45) is 5.73 Å². The molecule has 0 aliphatic heterocycles. The fraction of sp³-hybridized carbons (Fsp3) is 0.600. The molecule has 6 nitrogen and oxygen atoms in total. The SMILES string of the molecule is COCCn1ncc(NCCCN)c(Cl)c1=O. The van der Waals surface area contributed by atoms with Crippen LogP contribution in [0.15, 0.2) is 11.0 Å². The summed E-state index contributed by atoms with van der Waals surface area (Å²) in [5.41, 5.74) is 5.59. The standard InChI is InChI=1S/C10H17ClN4O2/c1-17-6-5-15-10(16)9(11)8(7-14-15)13-4-2-3-12/h7,13H,2-6,12H2,1H3. The summed E-state index contributed by atoms with van der Waals surface area (Å²) < 4.78 is 6.16. The summed E-state index contributed by atoms with van der Waals surface area (Å²) in [6.45, 7) is 2.06. The second kappa shape index (κ2) is 7.26. The van der Waals surface area contributed by atoms with Gasteiger partial charge < -0.3 is 15.8 Å². The maximum absolute atomic E-state index is 11.8. The lowest BCUT2D eigenvalue weighted by atomic mass is 10.4. The van der Waals surface area contributed by atoms with Crippen molar-refractivity contribution < 1.29 is 4.74 Å². The van der Waals surface area contributed by atoms with Crippen LogP contribution in [0.1, 0.15) is 6.42 Å². The van der Waals surface area contributed by atoms with Gasteiger partial charge in [0, 0.05) is 13.7 Å². The van der Waals surface area contributed by atoms with E-state index in [2.05, 4.69) is 10.4 Å². The number of aromatic nitrogens is 2. The molecule has 1 heterocycles. The number of methoxy groups -OCH3 is 1. The molecule has 17 heavy (non-hydrogen) atoms. The van der Waals surface area contributed by atoms with Crippen LogP contribution in [0, 0.1) is 0 Å². The Labute approximate surface area is 105 Å². The predicted molar refractivity (Wildman–Crippen MR) is 67.5 cm³/mol. The first-order valence-electron chi connectivity index (χ1n) is 5.39. The molecule has 0 atom stereocenters. The van der Waals surface area contributed by atoms with E-state index in [1.54, 1.807) is 7.11 Å². The van der Waals surface area contributed by atoms with Crippen molar-refractivity contribution in [3.8, 4) is 0 Å². The molecule has 0 aliphatic carbocycles. The third-order valence-corrected chi connectivity index (χ3v) is 2.55. The minimum Gasteiger partial charge on any atom is -0.383 e. The van der Waals surface area contributed by atoms with E-state index in [0.717, 1.165) is 6.42 Å². The van der Waals surface area contributed by atoms with Crippen LogP contribution < -0.4 is 16.6 Å². The van der Waals surface area contributed by atoms with Crippen LogP contribution in [0.4, 0.5) is 5.69 Å². The monoisotopic (exact) mass is 260 g/mol. The Balaban J connectivity index is 2.76. The minimum atomic E-state index is -0.318. The summed E-state index contributed by atoms with van der Waals surface area (Å²) in [4.78, 5) is 11.8. The van der Waals surface area contributed by atoms with Crippen molar-refractivity contribution in [2.45, 2.75) is 13.0 Å². The van der Waals surface area contributed by atoms with Gasteiger partial charge in [-0.2, -0.15) is 5.10 Å². The van der Waals surface area contributed by atoms with E-state index >= 15 is 0 Å². The highest BCUT2D eigenvalue weighted by atomic mass is 35.5. The second-order valence-electron chi connectivity index (χ2n) is 3.46. The Morgan fingerprint density at radius 1 is 1.65 bits per heavy atom. The van der Waals surface area contributed by atoms with Gasteiger partial charge in [0.15, 0.2) is 0 Å². The molecule has 1 rings (SSSR count). The summed E-state index contributed by atoms with van der Waals surface area (Å²) >= 11 is 5.95. The van der Waals surface area contributed by atoms with Crippen molar-refractivity contribution in [3.63, 3.8) is 0 Å². The number of hydrogen-bond acceptors (Lipinski definition) is 5. The number of nitrogens with zero attached hydrogens (tertiary/aromatic N) is 2. The molecule has 0 saturated carbocycles. The predicted octanol–water partition coefficient (Wildman–Crippen LogP) is 0.304. The van der Waals surface area contributed by atoms with E-state index in [-0.39, 0.29) is 10.6 Å². The number of hydrogen-bond donors (Lipinski definition) is 2. The number of nitrogens with one attached hydrogen (secondary N) is 1. The Morgan fingerprint density at radius 2 is 2.41 bits per heavy atom. The van der Waals surface area contributed by atoms with Crippen molar-refractivity contribution in [3.05, 3.63) is 21.6 Å². The van der Waals surface area contributed by atoms with E-state index in [9.17, 15) is 4.79 Å². The van der Waals surface area contributed by atoms with Gasteiger partial charge in [0.1, 0.15) is 5.02 Å². The molecule has 96 valence electrons. The van der Waals surface area contributed by atoms with Gasteiger partial charge >= 0.3 is 0 Å². The van der Waals surface area contributed by atoms with E-state index in [1.165, 1.54) is 10.9 Å². The number of halogens is 1. The Kier molecular flexibility index (Phi) is 5.96. The summed E-state index contributed by atoms with van der Waals surface area (Å²) in [6, 6.07) is 0. The molecule has 0 aromatic carbocycles. The van der Waals surface area contributed by atoms with E-state index in [0.29, 0.717) is 31.9 Å². The zero-order valence-electron chi connectivity index (χ0n) is 9.78. The third-order valence-electron chi connectivity index (χ3n) is 2.19. The Morgan fingerprint density at radius 3 is 3.06 bits per heavy atom. The fourth-order valence-corrected chi connectivity index (χ4v) is 1.46. The van der Waals surface area contributed by atoms with Gasteiger partial charge in [-0.1, -0.05) is 11.6 Å². The lowest BCUT2D eigenvalue weighted by molar-refractivity contribution is 0.182. The smallest absolute Gasteiger partial charge is 0.287 e. The molecule has 3 N–H and O–H groups in total. The normalized spacial score (nSPS) is 10.5. The summed E-state index contributed by atoms with van der Waals surface area (Å²) in [5.74, 6) is 0. The van der Waals surface area contributed by atoms with Gasteiger partial charge in [0.2, 0.25) is 0 Å². The van der Waals surface area contributed by atoms with Crippen molar-refractivity contribution >= 4 is 17.3 Å². The van der Waals surface area contributed by atoms with Crippen molar-refractivity contribution in [1.82, 2.24) is 9.78 Å². The largest absolute Gasteiger partial charge is 0.383 e. The third kappa shape index (κ3) is 3.99. The molecule has 0 aliphatic rings. The molecular formula is C10H17ClN4O2. The zero-order chi connectivity index (χ0) is 12.7. The number of nitrogens with two attached hydrogens (primary N) is 1. The molecule has 0 amide bonds. The lowest BCUT2D eigenvalue weighted by Gasteiger charge is -2.09. The average Bonchev–Trinajstić information content (AvgIpc) is 2.34. The van der Waals surface area contributed by atoms with Crippen LogP contribution in [0.3, 0.4) is 0 Å². The average molecular weight is 261 g/mol. The Hall–Kier alpha value is -1.11. The van der Waals surface area contributed by atoms with Gasteiger partial charge in [0.05, 0.1) is 25.0 Å². The first kappa shape index (κ1) is 14.0. The van der Waals surface area contributed by atoms with Crippen LogP contribution in [0.5, 0.6) is 0 Å². The maximum atomic E-state index is 11.8. The molecule has 0 radical (unpaired) electrons. The van der Waals surface area contributed by atoms with Crippen LogP contribution in [-0.2, 0) is 11.3 Å². The minimum absolute atomic E-state index is 0.146. The zero-order valence-corrected chi connectivity index (χ0v) is 10.5. The number of anilines is 1. The van der Waals surface area contributed by atoms with Gasteiger partial charge in [-0.05, 0) is 13.0 Å². The molecule has 0 unspecified atom stereocenters. The highest BCUT2D eigenvalue weighted by molar-refractivity contribution is 6.32. The fourth-order valence-electron chi connectivity index (χ4n) is 1.25. The van der Waals surface area contributed by atoms with Gasteiger partial charge in [0.25, 0.3) is 5.56 Å². The van der Waals surface area contributed by atoms with Crippen molar-refractivity contribution in [1.29, 1.82) is 0 Å². The Bertz CT molecular complexity index is 408. The molecule has 0 spiro atoms. The first-order chi connectivity index (χ1) is 8.20. The van der Waals surface area contributed by atoms with E-state index < -0.39 is 0 Å². The second-order valence-corrected chi connectivity index (χ2v) is 3.84. The molecule has 7 heteroatoms. The van der Waals surface area contributed by atoms with E-state index in [1.807, 2.05) is 0 Å². The number of rotatable bonds is 7. The molecule has 0 saturated heterocycles. The molecule has 1 aromatic rings. The summed E-state index contributed by atoms with van der Waals surface area (Å²) in [7, 11) is 1.56. The van der Waals surface area contributed by atoms with Gasteiger partial charge in [-0.3, -0.25) is 4.79 Å². The van der Waals surface area contributed by atoms with Gasteiger partial charge in [-0.15, -0.1) is 0 Å². The topological polar surface area (TPSA) is 82.2 Å². The lowest BCUT2D eigenvalue weighted by Crippen LogP contribution is -2.26. The van der Waals surface area contributed by atoms with Crippen LogP contribution in [-0.4, -0.2) is 36.6 Å². The quantitative estimate of drug-likeness (QED) is 0.690. The maximum Gasteiger partial charge on any atom is 0.287 e.